The standard InChI is InChI=1S/C13H20N2O/c1-10-6-4-5-7-12(10)15(3)13(16)9-8-11(2)14/h4-7,11H,8-9,14H2,1-3H3. The van der Waals surface area contributed by atoms with E-state index in [2.05, 4.69) is 0 Å². The first-order valence-corrected chi connectivity index (χ1v) is 5.60. The summed E-state index contributed by atoms with van der Waals surface area (Å²) in [4.78, 5) is 13.6. The molecule has 88 valence electrons. The van der Waals surface area contributed by atoms with E-state index in [0.29, 0.717) is 6.42 Å². The highest BCUT2D eigenvalue weighted by Crippen LogP contribution is 2.18. The fraction of sp³-hybridized carbons (Fsp3) is 0.462. The molecule has 0 fully saturated rings. The van der Waals surface area contributed by atoms with Gasteiger partial charge in [-0.1, -0.05) is 18.2 Å². The van der Waals surface area contributed by atoms with Crippen LogP contribution < -0.4 is 10.6 Å². The van der Waals surface area contributed by atoms with Gasteiger partial charge in [-0.05, 0) is 31.9 Å². The molecule has 0 bridgehead atoms. The predicted octanol–water partition coefficient (Wildman–Crippen LogP) is 2.09. The van der Waals surface area contributed by atoms with Gasteiger partial charge in [-0.25, -0.2) is 0 Å². The van der Waals surface area contributed by atoms with Gasteiger partial charge in [0.2, 0.25) is 5.91 Å². The number of para-hydroxylation sites is 1. The molecule has 0 aliphatic rings. The Kier molecular flexibility index (Phi) is 4.50. The zero-order chi connectivity index (χ0) is 12.1. The third-order valence-electron chi connectivity index (χ3n) is 2.66. The van der Waals surface area contributed by atoms with Crippen LogP contribution in [-0.4, -0.2) is 19.0 Å². The number of aryl methyl sites for hydroxylation is 1. The van der Waals surface area contributed by atoms with Gasteiger partial charge in [0.05, 0.1) is 0 Å². The third-order valence-corrected chi connectivity index (χ3v) is 2.66. The Morgan fingerprint density at radius 3 is 2.62 bits per heavy atom. The van der Waals surface area contributed by atoms with Gasteiger partial charge in [-0.3, -0.25) is 4.79 Å². The molecule has 1 aromatic rings. The number of nitrogens with zero attached hydrogens (tertiary/aromatic N) is 1. The Morgan fingerprint density at radius 2 is 2.06 bits per heavy atom. The number of hydrogen-bond donors (Lipinski definition) is 1. The van der Waals surface area contributed by atoms with E-state index in [9.17, 15) is 4.79 Å². The minimum Gasteiger partial charge on any atom is -0.328 e. The fourth-order valence-electron chi connectivity index (χ4n) is 1.59. The number of carbonyl (C=O) groups is 1. The molecule has 0 spiro atoms. The van der Waals surface area contributed by atoms with Crippen molar-refractivity contribution in [2.24, 2.45) is 5.73 Å². The third kappa shape index (κ3) is 3.35. The summed E-state index contributed by atoms with van der Waals surface area (Å²) in [7, 11) is 1.81. The van der Waals surface area contributed by atoms with Crippen LogP contribution in [0.15, 0.2) is 24.3 Å². The average Bonchev–Trinajstić information content (AvgIpc) is 2.25. The van der Waals surface area contributed by atoms with Crippen LogP contribution in [0, 0.1) is 6.92 Å². The maximum atomic E-state index is 11.9. The molecule has 0 saturated heterocycles. The number of hydrogen-bond acceptors (Lipinski definition) is 2. The van der Waals surface area contributed by atoms with Gasteiger partial charge in [-0.15, -0.1) is 0 Å². The first-order valence-electron chi connectivity index (χ1n) is 5.60. The minimum atomic E-state index is 0.0780. The van der Waals surface area contributed by atoms with Crippen molar-refractivity contribution in [3.63, 3.8) is 0 Å². The van der Waals surface area contributed by atoms with Crippen molar-refractivity contribution in [3.05, 3.63) is 29.8 Å². The number of benzene rings is 1. The molecule has 0 aromatic heterocycles. The van der Waals surface area contributed by atoms with Crippen LogP contribution in [0.2, 0.25) is 0 Å². The van der Waals surface area contributed by atoms with Crippen LogP contribution in [0.25, 0.3) is 0 Å². The van der Waals surface area contributed by atoms with E-state index in [1.165, 1.54) is 0 Å². The highest BCUT2D eigenvalue weighted by atomic mass is 16.2. The summed E-state index contributed by atoms with van der Waals surface area (Å²) in [5.74, 6) is 0.117. The summed E-state index contributed by atoms with van der Waals surface area (Å²) in [5.41, 5.74) is 7.72. The Hall–Kier alpha value is -1.35. The Morgan fingerprint density at radius 1 is 1.44 bits per heavy atom. The van der Waals surface area contributed by atoms with Crippen molar-refractivity contribution in [2.75, 3.05) is 11.9 Å². The zero-order valence-corrected chi connectivity index (χ0v) is 10.2. The van der Waals surface area contributed by atoms with E-state index in [0.717, 1.165) is 17.7 Å². The summed E-state index contributed by atoms with van der Waals surface area (Å²) in [6.07, 6.45) is 1.23. The summed E-state index contributed by atoms with van der Waals surface area (Å²) >= 11 is 0. The minimum absolute atomic E-state index is 0.0780. The molecule has 1 amide bonds. The van der Waals surface area contributed by atoms with E-state index in [1.807, 2.05) is 45.2 Å². The number of nitrogens with two attached hydrogens (primary N) is 1. The van der Waals surface area contributed by atoms with Gasteiger partial charge in [0.25, 0.3) is 0 Å². The zero-order valence-electron chi connectivity index (χ0n) is 10.2. The molecule has 3 nitrogen and oxygen atoms in total. The SMILES string of the molecule is Cc1ccccc1N(C)C(=O)CCC(C)N. The monoisotopic (exact) mass is 220 g/mol. The number of anilines is 1. The molecule has 1 aromatic carbocycles. The highest BCUT2D eigenvalue weighted by Gasteiger charge is 2.12. The van der Waals surface area contributed by atoms with Crippen LogP contribution in [0.1, 0.15) is 25.3 Å². The normalized spacial score (nSPS) is 12.2. The second kappa shape index (κ2) is 5.66. The van der Waals surface area contributed by atoms with E-state index in [1.54, 1.807) is 4.90 Å². The smallest absolute Gasteiger partial charge is 0.226 e. The van der Waals surface area contributed by atoms with Crippen LogP contribution in [0.3, 0.4) is 0 Å². The molecule has 16 heavy (non-hydrogen) atoms. The Bertz CT molecular complexity index is 361. The topological polar surface area (TPSA) is 46.3 Å². The van der Waals surface area contributed by atoms with E-state index in [-0.39, 0.29) is 11.9 Å². The lowest BCUT2D eigenvalue weighted by Gasteiger charge is -2.19. The van der Waals surface area contributed by atoms with Crippen molar-refractivity contribution in [1.29, 1.82) is 0 Å². The Labute approximate surface area is 97.2 Å². The van der Waals surface area contributed by atoms with E-state index in [4.69, 9.17) is 5.73 Å². The highest BCUT2D eigenvalue weighted by molar-refractivity contribution is 5.93. The van der Waals surface area contributed by atoms with Crippen LogP contribution in [0.5, 0.6) is 0 Å². The summed E-state index contributed by atoms with van der Waals surface area (Å²) in [6, 6.07) is 7.95. The molecule has 0 aliphatic heterocycles. The maximum absolute atomic E-state index is 11.9. The van der Waals surface area contributed by atoms with Crippen LogP contribution >= 0.6 is 0 Å². The lowest BCUT2D eigenvalue weighted by molar-refractivity contribution is -0.118. The molecule has 3 heteroatoms. The van der Waals surface area contributed by atoms with Crippen molar-refractivity contribution in [2.45, 2.75) is 32.7 Å². The molecule has 2 N–H and O–H groups in total. The average molecular weight is 220 g/mol. The molecule has 0 radical (unpaired) electrons. The molecule has 0 heterocycles. The first-order chi connectivity index (χ1) is 7.52. The number of rotatable bonds is 4. The maximum Gasteiger partial charge on any atom is 0.226 e. The predicted molar refractivity (Wildman–Crippen MR) is 67.5 cm³/mol. The van der Waals surface area contributed by atoms with Crippen LogP contribution in [-0.2, 0) is 4.79 Å². The number of carbonyl (C=O) groups excluding carboxylic acids is 1. The lowest BCUT2D eigenvalue weighted by atomic mass is 10.1. The van der Waals surface area contributed by atoms with Gasteiger partial charge >= 0.3 is 0 Å². The molecule has 1 unspecified atom stereocenters. The van der Waals surface area contributed by atoms with Gasteiger partial charge in [0.1, 0.15) is 0 Å². The fourth-order valence-corrected chi connectivity index (χ4v) is 1.59. The van der Waals surface area contributed by atoms with E-state index < -0.39 is 0 Å². The quantitative estimate of drug-likeness (QED) is 0.844. The number of amides is 1. The van der Waals surface area contributed by atoms with Crippen molar-refractivity contribution in [3.8, 4) is 0 Å². The van der Waals surface area contributed by atoms with Gasteiger partial charge in [0.15, 0.2) is 0 Å². The van der Waals surface area contributed by atoms with Crippen LogP contribution in [0.4, 0.5) is 5.69 Å². The summed E-state index contributed by atoms with van der Waals surface area (Å²) in [5, 5.41) is 0. The molecular formula is C13H20N2O. The summed E-state index contributed by atoms with van der Waals surface area (Å²) in [6.45, 7) is 3.92. The molecule has 0 saturated carbocycles. The van der Waals surface area contributed by atoms with Gasteiger partial charge < -0.3 is 10.6 Å². The molecule has 0 aliphatic carbocycles. The lowest BCUT2D eigenvalue weighted by Crippen LogP contribution is -2.28. The van der Waals surface area contributed by atoms with Crippen molar-refractivity contribution >= 4 is 11.6 Å². The first kappa shape index (κ1) is 12.7. The molecule has 1 atom stereocenters. The van der Waals surface area contributed by atoms with Gasteiger partial charge in [-0.2, -0.15) is 0 Å². The summed E-state index contributed by atoms with van der Waals surface area (Å²) < 4.78 is 0. The second-order valence-corrected chi connectivity index (χ2v) is 4.26. The van der Waals surface area contributed by atoms with Crippen molar-refractivity contribution < 1.29 is 4.79 Å². The van der Waals surface area contributed by atoms with Gasteiger partial charge in [0, 0.05) is 25.2 Å². The molecular weight excluding hydrogens is 200 g/mol. The molecule has 1 rings (SSSR count). The van der Waals surface area contributed by atoms with E-state index >= 15 is 0 Å². The second-order valence-electron chi connectivity index (χ2n) is 4.26. The van der Waals surface area contributed by atoms with Crippen molar-refractivity contribution in [1.82, 2.24) is 0 Å². The largest absolute Gasteiger partial charge is 0.328 e. The Balaban J connectivity index is 2.67.